The summed E-state index contributed by atoms with van der Waals surface area (Å²) in [6, 6.07) is 5.58. The average Bonchev–Trinajstić information content (AvgIpc) is 3.11. The Morgan fingerprint density at radius 2 is 2.08 bits per heavy atom. The molecule has 132 valence electrons. The molecule has 3 aromatic rings. The molecule has 4 rings (SSSR count). The second kappa shape index (κ2) is 6.98. The molecule has 1 saturated heterocycles. The second-order valence-electron chi connectivity index (χ2n) is 6.25. The normalized spacial score (nSPS) is 15.0. The van der Waals surface area contributed by atoms with Gasteiger partial charge in [-0.2, -0.15) is 15.0 Å². The van der Waals surface area contributed by atoms with Crippen molar-refractivity contribution in [1.82, 2.24) is 19.7 Å². The molecule has 0 atom stereocenters. The molecule has 0 radical (unpaired) electrons. The lowest BCUT2D eigenvalue weighted by atomic mass is 10.0. The molecule has 26 heavy (non-hydrogen) atoms. The number of hydrogen-bond acceptors (Lipinski definition) is 7. The summed E-state index contributed by atoms with van der Waals surface area (Å²) in [6.07, 6.45) is 6.72. The molecule has 0 amide bonds. The van der Waals surface area contributed by atoms with E-state index in [9.17, 15) is 0 Å². The summed E-state index contributed by atoms with van der Waals surface area (Å²) < 4.78 is 12.9. The van der Waals surface area contributed by atoms with Crippen LogP contribution in [0.25, 0.3) is 16.9 Å². The Bertz CT molecular complexity index is 971. The number of fused-ring (bicyclic) bond motifs is 1. The van der Waals surface area contributed by atoms with Crippen LogP contribution >= 0.6 is 0 Å². The highest BCUT2D eigenvalue weighted by atomic mass is 16.5. The van der Waals surface area contributed by atoms with Gasteiger partial charge in [-0.15, -0.1) is 0 Å². The molecule has 4 heterocycles. The molecule has 2 N–H and O–H groups in total. The summed E-state index contributed by atoms with van der Waals surface area (Å²) >= 11 is 0. The molecule has 0 saturated carbocycles. The summed E-state index contributed by atoms with van der Waals surface area (Å²) in [4.78, 5) is 8.65. The van der Waals surface area contributed by atoms with Crippen molar-refractivity contribution in [3.8, 4) is 17.6 Å². The van der Waals surface area contributed by atoms with E-state index >= 15 is 0 Å². The van der Waals surface area contributed by atoms with Gasteiger partial charge in [-0.3, -0.25) is 0 Å². The monoisotopic (exact) mass is 350 g/mol. The zero-order chi connectivity index (χ0) is 17.9. The fourth-order valence-electron chi connectivity index (χ4n) is 2.95. The molecule has 8 heteroatoms. The number of hydrogen-bond donors (Lipinski definition) is 1. The molecule has 0 unspecified atom stereocenters. The van der Waals surface area contributed by atoms with Crippen molar-refractivity contribution in [2.45, 2.75) is 12.8 Å². The van der Waals surface area contributed by atoms with Gasteiger partial charge in [0.05, 0.1) is 30.3 Å². The van der Waals surface area contributed by atoms with E-state index < -0.39 is 0 Å². The summed E-state index contributed by atoms with van der Waals surface area (Å²) in [5.41, 5.74) is 7.61. The van der Waals surface area contributed by atoms with Gasteiger partial charge in [0, 0.05) is 30.9 Å². The smallest absolute Gasteiger partial charge is 0.164 e. The standard InChI is InChI=1S/C18H18N6O2/c19-7-13-5-14-9-23-24(18(14)22-8-13)17-6-16(15(20)10-21-17)26-11-12-1-3-25-4-2-12/h5-6,8-10,12H,1-4,11,20H2. The SMILES string of the molecule is N#Cc1cnc2c(cnn2-c2cc(OCC3CCOCC3)c(N)cn2)c1. The topological polar surface area (TPSA) is 112 Å². The third-order valence-electron chi connectivity index (χ3n) is 4.45. The first-order valence-corrected chi connectivity index (χ1v) is 8.45. The first kappa shape index (κ1) is 16.3. The third-order valence-corrected chi connectivity index (χ3v) is 4.45. The second-order valence-corrected chi connectivity index (χ2v) is 6.25. The minimum Gasteiger partial charge on any atom is -0.491 e. The molecule has 3 aromatic heterocycles. The first-order valence-electron chi connectivity index (χ1n) is 8.45. The van der Waals surface area contributed by atoms with E-state index in [2.05, 4.69) is 21.1 Å². The number of nitrogen functional groups attached to an aromatic ring is 1. The lowest BCUT2D eigenvalue weighted by Gasteiger charge is -2.22. The van der Waals surface area contributed by atoms with Crippen molar-refractivity contribution in [3.63, 3.8) is 0 Å². The van der Waals surface area contributed by atoms with E-state index in [1.807, 2.05) is 0 Å². The Labute approximate surface area is 150 Å². The van der Waals surface area contributed by atoms with E-state index in [0.29, 0.717) is 41.0 Å². The Balaban J connectivity index is 1.60. The van der Waals surface area contributed by atoms with Gasteiger partial charge in [0.25, 0.3) is 0 Å². The summed E-state index contributed by atoms with van der Waals surface area (Å²) in [5, 5.41) is 14.1. The van der Waals surface area contributed by atoms with Crippen molar-refractivity contribution in [3.05, 3.63) is 36.3 Å². The quantitative estimate of drug-likeness (QED) is 0.766. The number of aromatic nitrogens is 4. The van der Waals surface area contributed by atoms with Gasteiger partial charge in [0.1, 0.15) is 11.8 Å². The highest BCUT2D eigenvalue weighted by Gasteiger charge is 2.16. The molecule has 0 bridgehead atoms. The molecule has 0 aliphatic carbocycles. The number of rotatable bonds is 4. The largest absolute Gasteiger partial charge is 0.491 e. The van der Waals surface area contributed by atoms with Gasteiger partial charge in [-0.25, -0.2) is 9.97 Å². The van der Waals surface area contributed by atoms with E-state index in [1.54, 1.807) is 29.2 Å². The summed E-state index contributed by atoms with van der Waals surface area (Å²) in [5.74, 6) is 1.61. The van der Waals surface area contributed by atoms with Crippen LogP contribution in [0.3, 0.4) is 0 Å². The van der Waals surface area contributed by atoms with Crippen LogP contribution in [-0.4, -0.2) is 39.6 Å². The molecular weight excluding hydrogens is 332 g/mol. The Hall–Kier alpha value is -3.18. The maximum atomic E-state index is 8.99. The van der Waals surface area contributed by atoms with Crippen LogP contribution in [0.2, 0.25) is 0 Å². The molecule has 1 fully saturated rings. The number of ether oxygens (including phenoxy) is 2. The third kappa shape index (κ3) is 3.17. The van der Waals surface area contributed by atoms with Crippen LogP contribution in [0.5, 0.6) is 5.75 Å². The lowest BCUT2D eigenvalue weighted by Crippen LogP contribution is -2.21. The predicted molar refractivity (Wildman–Crippen MR) is 94.8 cm³/mol. The van der Waals surface area contributed by atoms with E-state index in [1.165, 1.54) is 6.20 Å². The zero-order valence-corrected chi connectivity index (χ0v) is 14.1. The van der Waals surface area contributed by atoms with Crippen LogP contribution in [0.4, 0.5) is 5.69 Å². The van der Waals surface area contributed by atoms with Gasteiger partial charge >= 0.3 is 0 Å². The Morgan fingerprint density at radius 1 is 1.23 bits per heavy atom. The van der Waals surface area contributed by atoms with Crippen molar-refractivity contribution in [2.24, 2.45) is 5.92 Å². The van der Waals surface area contributed by atoms with Crippen LogP contribution in [-0.2, 0) is 4.74 Å². The van der Waals surface area contributed by atoms with E-state index in [0.717, 1.165) is 31.4 Å². The Morgan fingerprint density at radius 3 is 2.88 bits per heavy atom. The van der Waals surface area contributed by atoms with Crippen LogP contribution in [0, 0.1) is 17.2 Å². The van der Waals surface area contributed by atoms with Crippen molar-refractivity contribution in [2.75, 3.05) is 25.6 Å². The lowest BCUT2D eigenvalue weighted by molar-refractivity contribution is 0.0498. The Kier molecular flexibility index (Phi) is 4.37. The van der Waals surface area contributed by atoms with Gasteiger partial charge in [0.15, 0.2) is 11.5 Å². The number of nitriles is 1. The summed E-state index contributed by atoms with van der Waals surface area (Å²) in [6.45, 7) is 2.15. The molecule has 0 aromatic carbocycles. The van der Waals surface area contributed by atoms with Gasteiger partial charge in [-0.1, -0.05) is 0 Å². The zero-order valence-electron chi connectivity index (χ0n) is 14.1. The van der Waals surface area contributed by atoms with Crippen LogP contribution in [0.15, 0.2) is 30.7 Å². The molecule has 1 aliphatic rings. The predicted octanol–water partition coefficient (Wildman–Crippen LogP) is 2.07. The number of nitrogens with two attached hydrogens (primary N) is 1. The molecule has 8 nitrogen and oxygen atoms in total. The highest BCUT2D eigenvalue weighted by Crippen LogP contribution is 2.26. The minimum absolute atomic E-state index is 0.469. The fraction of sp³-hybridized carbons (Fsp3) is 0.333. The van der Waals surface area contributed by atoms with Crippen LogP contribution < -0.4 is 10.5 Å². The van der Waals surface area contributed by atoms with Crippen LogP contribution in [0.1, 0.15) is 18.4 Å². The van der Waals surface area contributed by atoms with E-state index in [-0.39, 0.29) is 0 Å². The van der Waals surface area contributed by atoms with Gasteiger partial charge < -0.3 is 15.2 Å². The highest BCUT2D eigenvalue weighted by molar-refractivity contribution is 5.77. The first-order chi connectivity index (χ1) is 12.7. The van der Waals surface area contributed by atoms with E-state index in [4.69, 9.17) is 20.5 Å². The van der Waals surface area contributed by atoms with Crippen molar-refractivity contribution in [1.29, 1.82) is 5.26 Å². The number of nitrogens with zero attached hydrogens (tertiary/aromatic N) is 5. The fourth-order valence-corrected chi connectivity index (χ4v) is 2.95. The molecule has 0 spiro atoms. The average molecular weight is 350 g/mol. The number of anilines is 1. The molecular formula is C18H18N6O2. The minimum atomic E-state index is 0.469. The van der Waals surface area contributed by atoms with Gasteiger partial charge in [0.2, 0.25) is 0 Å². The number of pyridine rings is 2. The molecule has 1 aliphatic heterocycles. The summed E-state index contributed by atoms with van der Waals surface area (Å²) in [7, 11) is 0. The van der Waals surface area contributed by atoms with Crippen molar-refractivity contribution < 1.29 is 9.47 Å². The maximum absolute atomic E-state index is 8.99. The van der Waals surface area contributed by atoms with Gasteiger partial charge in [-0.05, 0) is 24.8 Å². The maximum Gasteiger partial charge on any atom is 0.164 e. The van der Waals surface area contributed by atoms with Crippen molar-refractivity contribution >= 4 is 16.7 Å².